The maximum Gasteiger partial charge on any atom is 0.185 e. The molecule has 0 saturated carbocycles. The molecule has 2 rings (SSSR count). The first-order chi connectivity index (χ1) is 10.4. The SMILES string of the molecule is Cc1ccc(C=O)o1.O=Cc1ccco1.[B][B]B([B])B([B])[B]. The van der Waals surface area contributed by atoms with E-state index >= 15 is 0 Å². The monoisotopic (exact) mass is 283 g/mol. The average molecular weight is 282 g/mol. The van der Waals surface area contributed by atoms with E-state index in [4.69, 9.17) is 35.4 Å². The minimum atomic E-state index is -0.537. The van der Waals surface area contributed by atoms with Gasteiger partial charge < -0.3 is 8.83 Å². The Balaban J connectivity index is 0.000000302. The van der Waals surface area contributed by atoms with Crippen molar-refractivity contribution in [2.75, 3.05) is 0 Å². The van der Waals surface area contributed by atoms with E-state index < -0.39 is 6.39 Å². The zero-order chi connectivity index (χ0) is 17.0. The molecule has 2 aromatic rings. The van der Waals surface area contributed by atoms with Gasteiger partial charge in [0.2, 0.25) is 0 Å². The fourth-order valence-corrected chi connectivity index (χ4v) is 1.00. The molecule has 11 heteroatoms. The molecular formula is C11H10B7O4. The van der Waals surface area contributed by atoms with Crippen LogP contribution >= 0.6 is 0 Å². The Kier molecular flexibility index (Phi) is 11.1. The van der Waals surface area contributed by atoms with Crippen molar-refractivity contribution in [2.45, 2.75) is 6.92 Å². The molecule has 0 unspecified atom stereocenters. The average Bonchev–Trinajstić information content (AvgIpc) is 3.18. The van der Waals surface area contributed by atoms with Crippen molar-refractivity contribution in [3.63, 3.8) is 0 Å². The van der Waals surface area contributed by atoms with Crippen LogP contribution in [0.15, 0.2) is 39.4 Å². The van der Waals surface area contributed by atoms with Crippen LogP contribution in [0.2, 0.25) is 0 Å². The van der Waals surface area contributed by atoms with E-state index in [2.05, 4.69) is 4.42 Å². The molecule has 0 aliphatic carbocycles. The van der Waals surface area contributed by atoms with E-state index in [1.165, 1.54) is 13.3 Å². The number of furan rings is 2. The van der Waals surface area contributed by atoms with Crippen LogP contribution in [0.25, 0.3) is 0 Å². The second kappa shape index (κ2) is 12.0. The number of hydrogen-bond donors (Lipinski definition) is 0. The molecule has 99 valence electrons. The zero-order valence-corrected chi connectivity index (χ0v) is 12.2. The Morgan fingerprint density at radius 2 is 1.73 bits per heavy atom. The van der Waals surface area contributed by atoms with Crippen LogP contribution in [-0.4, -0.2) is 63.4 Å². The van der Waals surface area contributed by atoms with Gasteiger partial charge in [-0.05, 0) is 31.2 Å². The lowest BCUT2D eigenvalue weighted by molar-refractivity contribution is 0.109. The first kappa shape index (κ1) is 20.4. The zero-order valence-electron chi connectivity index (χ0n) is 12.2. The highest BCUT2D eigenvalue weighted by Crippen LogP contribution is 2.01. The highest BCUT2D eigenvalue weighted by atomic mass is 16.3. The lowest BCUT2D eigenvalue weighted by Crippen LogP contribution is -2.43. The fourth-order valence-electron chi connectivity index (χ4n) is 1.00. The quantitative estimate of drug-likeness (QED) is 0.577. The number of hydrogen-bond acceptors (Lipinski definition) is 4. The van der Waals surface area contributed by atoms with Crippen molar-refractivity contribution in [3.8, 4) is 0 Å². The predicted molar refractivity (Wildman–Crippen MR) is 93.2 cm³/mol. The Morgan fingerprint density at radius 1 is 1.09 bits per heavy atom. The van der Waals surface area contributed by atoms with Crippen molar-refractivity contribution in [1.82, 2.24) is 0 Å². The summed E-state index contributed by atoms with van der Waals surface area (Å²) < 4.78 is 9.48. The minimum Gasteiger partial charge on any atom is -0.462 e. The molecule has 0 amide bonds. The summed E-state index contributed by atoms with van der Waals surface area (Å²) in [6.07, 6.45) is 1.89. The smallest absolute Gasteiger partial charge is 0.185 e. The Bertz CT molecular complexity index is 526. The molecule has 0 aliphatic heterocycles. The van der Waals surface area contributed by atoms with Crippen molar-refractivity contribution in [3.05, 3.63) is 47.8 Å². The van der Waals surface area contributed by atoms with Crippen molar-refractivity contribution < 1.29 is 18.4 Å². The van der Waals surface area contributed by atoms with Crippen molar-refractivity contribution in [2.24, 2.45) is 0 Å². The van der Waals surface area contributed by atoms with Crippen LogP contribution in [0.4, 0.5) is 0 Å². The largest absolute Gasteiger partial charge is 0.462 e. The molecule has 0 atom stereocenters. The summed E-state index contributed by atoms with van der Waals surface area (Å²) in [7, 11) is 21.6. The summed E-state index contributed by atoms with van der Waals surface area (Å²) >= 11 is 0. The molecule has 0 aromatic carbocycles. The molecule has 9 radical (unpaired) electrons. The second-order valence-electron chi connectivity index (χ2n) is 4.05. The van der Waals surface area contributed by atoms with Gasteiger partial charge in [-0.3, -0.25) is 9.59 Å². The van der Waals surface area contributed by atoms with Gasteiger partial charge in [-0.25, -0.2) is 0 Å². The van der Waals surface area contributed by atoms with Crippen LogP contribution in [0, 0.1) is 6.92 Å². The molecule has 0 spiro atoms. The Labute approximate surface area is 137 Å². The molecule has 4 nitrogen and oxygen atoms in total. The summed E-state index contributed by atoms with van der Waals surface area (Å²) in [5.41, 5.74) is 0. The van der Waals surface area contributed by atoms with Gasteiger partial charge in [0.1, 0.15) is 5.76 Å². The number of rotatable bonds is 4. The number of aldehydes is 2. The molecule has 2 aromatic heterocycles. The predicted octanol–water partition coefficient (Wildman–Crippen LogP) is -0.173. The van der Waals surface area contributed by atoms with E-state index in [1.54, 1.807) is 31.2 Å². The van der Waals surface area contributed by atoms with Gasteiger partial charge >= 0.3 is 0 Å². The topological polar surface area (TPSA) is 60.4 Å². The van der Waals surface area contributed by atoms with Gasteiger partial charge in [0, 0.05) is 50.8 Å². The van der Waals surface area contributed by atoms with Crippen LogP contribution in [-0.2, 0) is 0 Å². The summed E-state index contributed by atoms with van der Waals surface area (Å²) in [6.45, 7) is 1.80. The van der Waals surface area contributed by atoms with Crippen LogP contribution in [0.5, 0.6) is 0 Å². The van der Waals surface area contributed by atoms with Gasteiger partial charge in [-0.2, -0.15) is 0 Å². The third-order valence-corrected chi connectivity index (χ3v) is 2.20. The van der Waals surface area contributed by atoms with Crippen LogP contribution < -0.4 is 0 Å². The third-order valence-electron chi connectivity index (χ3n) is 2.20. The minimum absolute atomic E-state index is 0.375. The number of carbonyl (C=O) groups is 2. The van der Waals surface area contributed by atoms with E-state index in [0.717, 1.165) is 5.76 Å². The lowest BCUT2D eigenvalue weighted by Gasteiger charge is -2.05. The molecule has 0 saturated heterocycles. The van der Waals surface area contributed by atoms with Crippen molar-refractivity contribution >= 4 is 63.4 Å². The van der Waals surface area contributed by atoms with Crippen molar-refractivity contribution in [1.29, 1.82) is 0 Å². The highest BCUT2D eigenvalue weighted by Gasteiger charge is 2.06. The Morgan fingerprint density at radius 3 is 1.91 bits per heavy atom. The highest BCUT2D eigenvalue weighted by molar-refractivity contribution is 7.81. The van der Waals surface area contributed by atoms with Gasteiger partial charge in [-0.15, -0.1) is 0 Å². The van der Waals surface area contributed by atoms with E-state index in [-0.39, 0.29) is 6.39 Å². The molecule has 0 bridgehead atoms. The maximum absolute atomic E-state index is 9.93. The van der Waals surface area contributed by atoms with E-state index in [9.17, 15) is 9.59 Å². The molecule has 22 heavy (non-hydrogen) atoms. The van der Waals surface area contributed by atoms with Gasteiger partial charge in [0.15, 0.2) is 24.1 Å². The van der Waals surface area contributed by atoms with Gasteiger partial charge in [0.25, 0.3) is 0 Å². The Hall–Kier alpha value is -1.65. The summed E-state index contributed by atoms with van der Waals surface area (Å²) in [5, 5.41) is 0. The number of carbonyl (C=O) groups excluding carboxylic acids is 2. The van der Waals surface area contributed by atoms with E-state index in [1.807, 2.05) is 0 Å². The fraction of sp³-hybridized carbons (Fsp3) is 0.0909. The lowest BCUT2D eigenvalue weighted by atomic mass is 8.76. The first-order valence-electron chi connectivity index (χ1n) is 6.26. The van der Waals surface area contributed by atoms with Gasteiger partial charge in [-0.1, -0.05) is 0 Å². The summed E-state index contributed by atoms with van der Waals surface area (Å²) in [5.74, 6) is 1.54. The standard InChI is InChI=1S/C6H6O2.C5H4O2.B7/c1-5-2-3-6(4-7)8-5;6-4-5-2-1-3-7-5;1-5-7(4)6(2)3/h2-4H,1H3;1-4H;. The number of aryl methyl sites for hydroxylation is 1. The van der Waals surface area contributed by atoms with Crippen LogP contribution in [0.3, 0.4) is 0 Å². The maximum atomic E-state index is 9.93. The molecular weight excluding hydrogens is 272 g/mol. The van der Waals surface area contributed by atoms with Gasteiger partial charge in [0.05, 0.1) is 6.26 Å². The first-order valence-corrected chi connectivity index (χ1v) is 6.26. The summed E-state index contributed by atoms with van der Waals surface area (Å²) in [4.78, 5) is 19.7. The summed E-state index contributed by atoms with van der Waals surface area (Å²) in [6, 6.07) is 6.67. The molecule has 2 heterocycles. The molecule has 0 fully saturated rings. The molecule has 0 N–H and O–H groups in total. The van der Waals surface area contributed by atoms with E-state index in [0.29, 0.717) is 24.1 Å². The van der Waals surface area contributed by atoms with Crippen LogP contribution in [0.1, 0.15) is 26.9 Å². The second-order valence-corrected chi connectivity index (χ2v) is 4.05. The molecule has 0 aliphatic rings. The normalized spacial score (nSPS) is 8.41. The third kappa shape index (κ3) is 9.32.